The lowest BCUT2D eigenvalue weighted by atomic mass is 9.97. The first-order chi connectivity index (χ1) is 25.0. The molecule has 0 amide bonds. The molecule has 1 atom stereocenters. The number of fused-ring (bicyclic) bond motifs is 2. The Balaban J connectivity index is 1.33. The molecular weight excluding hydrogens is 635 g/mol. The number of carbonyl (C=O) groups excluding carboxylic acids is 1. The third-order valence-electron chi connectivity index (χ3n) is 9.34. The molecule has 7 nitrogen and oxygen atoms in total. The van der Waals surface area contributed by atoms with Crippen molar-refractivity contribution in [2.24, 2.45) is 0 Å². The zero-order chi connectivity index (χ0) is 35.2. The van der Waals surface area contributed by atoms with Gasteiger partial charge in [-0.2, -0.15) is 0 Å². The molecule has 0 spiro atoms. The highest BCUT2D eigenvalue weighted by Gasteiger charge is 2.36. The van der Waals surface area contributed by atoms with Crippen molar-refractivity contribution in [3.05, 3.63) is 126 Å². The van der Waals surface area contributed by atoms with Gasteiger partial charge in [-0.3, -0.25) is 0 Å². The number of hydrogen-bond donors (Lipinski definition) is 1. The number of phenolic OH excluding ortho intramolecular Hbond substituents is 1. The highest BCUT2D eigenvalue weighted by atomic mass is 16.5. The minimum atomic E-state index is -0.495. The van der Waals surface area contributed by atoms with Crippen LogP contribution in [0.3, 0.4) is 0 Å². The summed E-state index contributed by atoms with van der Waals surface area (Å²) in [6.45, 7) is 4.37. The van der Waals surface area contributed by atoms with Gasteiger partial charge in [-0.15, -0.1) is 0 Å². The molecule has 2 heterocycles. The van der Waals surface area contributed by atoms with E-state index in [0.717, 1.165) is 52.6 Å². The molecule has 1 unspecified atom stereocenters. The van der Waals surface area contributed by atoms with E-state index >= 15 is 0 Å². The summed E-state index contributed by atoms with van der Waals surface area (Å²) in [5.41, 5.74) is 6.86. The van der Waals surface area contributed by atoms with Crippen LogP contribution in [0.4, 0.5) is 0 Å². The van der Waals surface area contributed by atoms with Gasteiger partial charge in [-0.1, -0.05) is 148 Å². The van der Waals surface area contributed by atoms with Crippen LogP contribution in [0.25, 0.3) is 56.4 Å². The first-order valence-electron chi connectivity index (χ1n) is 17.8. The molecule has 0 radical (unpaired) electrons. The summed E-state index contributed by atoms with van der Waals surface area (Å²) in [5.74, 6) is 0.577. The highest BCUT2D eigenvalue weighted by Crippen LogP contribution is 2.50. The van der Waals surface area contributed by atoms with Gasteiger partial charge < -0.3 is 14.6 Å². The Bertz CT molecular complexity index is 2050. The number of unbranched alkanes of at least 4 members (excludes halogenated alkanes) is 5. The number of rotatable bonds is 13. The van der Waals surface area contributed by atoms with Crippen molar-refractivity contribution in [2.45, 2.75) is 58.5 Å². The molecule has 51 heavy (non-hydrogen) atoms. The molecule has 1 aliphatic rings. The van der Waals surface area contributed by atoms with E-state index < -0.39 is 12.1 Å². The monoisotopic (exact) mass is 675 g/mol. The number of aromatic hydroxyl groups is 1. The van der Waals surface area contributed by atoms with Crippen LogP contribution in [0.5, 0.6) is 11.5 Å². The Morgan fingerprint density at radius 1 is 0.647 bits per heavy atom. The van der Waals surface area contributed by atoms with Crippen molar-refractivity contribution in [3.8, 4) is 67.9 Å². The van der Waals surface area contributed by atoms with E-state index in [1.165, 1.54) is 19.3 Å². The van der Waals surface area contributed by atoms with Crippen molar-refractivity contribution in [2.75, 3.05) is 6.61 Å². The van der Waals surface area contributed by atoms with Gasteiger partial charge in [0, 0.05) is 16.7 Å². The molecule has 0 saturated carbocycles. The second-order valence-corrected chi connectivity index (χ2v) is 12.9. The number of esters is 1. The number of hydrogen-bond acceptors (Lipinski definition) is 7. The largest absolute Gasteiger partial charge is 0.504 e. The second-order valence-electron chi connectivity index (χ2n) is 12.9. The minimum absolute atomic E-state index is 0.0980. The van der Waals surface area contributed by atoms with Crippen LogP contribution in [0.15, 0.2) is 115 Å². The van der Waals surface area contributed by atoms with Crippen molar-refractivity contribution in [1.29, 1.82) is 0 Å². The molecule has 2 bridgehead atoms. The fourth-order valence-electron chi connectivity index (χ4n) is 6.68. The van der Waals surface area contributed by atoms with Crippen LogP contribution >= 0.6 is 0 Å². The van der Waals surface area contributed by atoms with E-state index in [1.54, 1.807) is 6.07 Å². The van der Waals surface area contributed by atoms with Crippen molar-refractivity contribution in [3.63, 3.8) is 0 Å². The molecule has 7 rings (SSSR count). The summed E-state index contributed by atoms with van der Waals surface area (Å²) in [6.07, 6.45) is 6.06. The Kier molecular flexibility index (Phi) is 10.2. The molecule has 256 valence electrons. The minimum Gasteiger partial charge on any atom is -0.504 e. The summed E-state index contributed by atoms with van der Waals surface area (Å²) in [4.78, 5) is 28.4. The predicted molar refractivity (Wildman–Crippen MR) is 201 cm³/mol. The van der Waals surface area contributed by atoms with Gasteiger partial charge in [0.15, 0.2) is 29.0 Å². The summed E-state index contributed by atoms with van der Waals surface area (Å²) in [7, 11) is 0. The maximum Gasteiger partial charge on any atom is 0.342 e. The van der Waals surface area contributed by atoms with E-state index in [9.17, 15) is 9.90 Å². The summed E-state index contributed by atoms with van der Waals surface area (Å²) >= 11 is 0. The fourth-order valence-corrected chi connectivity index (χ4v) is 6.68. The molecule has 0 aliphatic carbocycles. The van der Waals surface area contributed by atoms with Crippen LogP contribution in [0.2, 0.25) is 0 Å². The Morgan fingerprint density at radius 3 is 1.67 bits per heavy atom. The zero-order valence-corrected chi connectivity index (χ0v) is 29.0. The van der Waals surface area contributed by atoms with Gasteiger partial charge >= 0.3 is 5.97 Å². The van der Waals surface area contributed by atoms with Crippen LogP contribution in [0.1, 0.15) is 74.4 Å². The third kappa shape index (κ3) is 7.11. The smallest absolute Gasteiger partial charge is 0.342 e. The first-order valence-corrected chi connectivity index (χ1v) is 17.8. The lowest BCUT2D eigenvalue weighted by Crippen LogP contribution is -2.08. The molecule has 1 aromatic heterocycles. The summed E-state index contributed by atoms with van der Waals surface area (Å²) in [6, 6.07) is 38.0. The fraction of sp³-hybridized carbons (Fsp3) is 0.227. The molecule has 5 aromatic carbocycles. The van der Waals surface area contributed by atoms with E-state index in [1.807, 2.05) is 79.7 Å². The summed E-state index contributed by atoms with van der Waals surface area (Å²) < 4.78 is 11.7. The van der Waals surface area contributed by atoms with Gasteiger partial charge in [-0.05, 0) is 41.7 Å². The second kappa shape index (κ2) is 15.4. The van der Waals surface area contributed by atoms with Crippen LogP contribution < -0.4 is 4.74 Å². The third-order valence-corrected chi connectivity index (χ3v) is 9.34. The lowest BCUT2D eigenvalue weighted by Gasteiger charge is -2.15. The van der Waals surface area contributed by atoms with Gasteiger partial charge in [-0.25, -0.2) is 19.7 Å². The average Bonchev–Trinajstić information content (AvgIpc) is 3.45. The summed E-state index contributed by atoms with van der Waals surface area (Å²) in [5, 5.41) is 11.8. The number of benzene rings is 5. The van der Waals surface area contributed by atoms with Crippen molar-refractivity contribution < 1.29 is 19.4 Å². The Morgan fingerprint density at radius 2 is 1.12 bits per heavy atom. The molecule has 0 saturated heterocycles. The standard InChI is InChI=1S/C44H41N3O4/c1-3-4-5-6-7-18-27-50-44(49)38-36-28-37(39(48)40(38)51-29(36)2)43-46-41(34-25-16-14-23-32(34)30-19-10-8-11-20-30)45-42(47-43)35-26-17-15-24-33(35)31-21-12-9-13-22-31/h8-17,19-26,28-29,48H,3-7,18,27H2,1-2H3. The van der Waals surface area contributed by atoms with Crippen LogP contribution in [-0.4, -0.2) is 32.6 Å². The molecular formula is C44H41N3O4. The zero-order valence-electron chi connectivity index (χ0n) is 29.0. The molecule has 1 aliphatic heterocycles. The molecule has 7 heteroatoms. The topological polar surface area (TPSA) is 94.4 Å². The first kappa shape index (κ1) is 33.7. The Hall–Kier alpha value is -5.82. The Labute approximate surface area is 299 Å². The van der Waals surface area contributed by atoms with Crippen LogP contribution in [-0.2, 0) is 4.74 Å². The number of ether oxygens (including phenoxy) is 2. The maximum absolute atomic E-state index is 13.4. The van der Waals surface area contributed by atoms with Crippen LogP contribution in [0, 0.1) is 0 Å². The number of nitrogens with zero attached hydrogens (tertiary/aromatic N) is 3. The van der Waals surface area contributed by atoms with Gasteiger partial charge in [0.1, 0.15) is 11.7 Å². The van der Waals surface area contributed by atoms with Crippen molar-refractivity contribution >= 4 is 5.97 Å². The van der Waals surface area contributed by atoms with E-state index in [2.05, 4.69) is 43.3 Å². The van der Waals surface area contributed by atoms with E-state index in [-0.39, 0.29) is 22.9 Å². The molecule has 1 N–H and O–H groups in total. The number of phenols is 1. The lowest BCUT2D eigenvalue weighted by molar-refractivity contribution is 0.0496. The predicted octanol–water partition coefficient (Wildman–Crippen LogP) is 10.9. The molecule has 0 fully saturated rings. The normalized spacial score (nSPS) is 13.2. The van der Waals surface area contributed by atoms with Gasteiger partial charge in [0.05, 0.1) is 12.2 Å². The maximum atomic E-state index is 13.4. The molecule has 6 aromatic rings. The number of carbonyl (C=O) groups is 1. The number of aromatic nitrogens is 3. The van der Waals surface area contributed by atoms with Gasteiger partial charge in [0.2, 0.25) is 0 Å². The van der Waals surface area contributed by atoms with Crippen molar-refractivity contribution in [1.82, 2.24) is 15.0 Å². The van der Waals surface area contributed by atoms with Gasteiger partial charge in [0.25, 0.3) is 0 Å². The quantitative estimate of drug-likeness (QED) is 0.0961. The van der Waals surface area contributed by atoms with E-state index in [4.69, 9.17) is 24.4 Å². The average molecular weight is 676 g/mol. The highest BCUT2D eigenvalue weighted by molar-refractivity contribution is 5.98. The SMILES string of the molecule is CCCCCCCCOC(=O)c1c2cc(-c3nc(-c4ccccc4-c4ccccc4)nc(-c4ccccc4-c4ccccc4)n3)c(O)c1OC2C. The van der Waals surface area contributed by atoms with E-state index in [0.29, 0.717) is 29.4 Å².